The molecule has 21 heavy (non-hydrogen) atoms. The highest BCUT2D eigenvalue weighted by Crippen LogP contribution is 2.12. The van der Waals surface area contributed by atoms with E-state index in [1.54, 1.807) is 0 Å². The van der Waals surface area contributed by atoms with Crippen LogP contribution in [0, 0.1) is 0 Å². The second-order valence-electron chi connectivity index (χ2n) is 5.91. The summed E-state index contributed by atoms with van der Waals surface area (Å²) >= 11 is 0. The molecule has 0 heterocycles. The minimum absolute atomic E-state index is 0.308. The molecule has 0 fully saturated rings. The summed E-state index contributed by atoms with van der Waals surface area (Å²) < 4.78 is 0. The molecule has 0 saturated carbocycles. The average molecular weight is 298 g/mol. The molecule has 0 unspecified atom stereocenters. The maximum atomic E-state index is 10.3. The molecule has 124 valence electrons. The van der Waals surface area contributed by atoms with Crippen molar-refractivity contribution >= 4 is 5.97 Å². The van der Waals surface area contributed by atoms with Crippen molar-refractivity contribution in [2.45, 2.75) is 96.8 Å². The fraction of sp³-hybridized carbons (Fsp3) is 0.833. The molecule has 0 atom stereocenters. The summed E-state index contributed by atoms with van der Waals surface area (Å²) in [6.07, 6.45) is 16.7. The fourth-order valence-corrected chi connectivity index (χ4v) is 2.41. The van der Waals surface area contributed by atoms with Crippen molar-refractivity contribution in [2.24, 2.45) is 0 Å². The highest BCUT2D eigenvalue weighted by molar-refractivity contribution is 5.66. The zero-order valence-corrected chi connectivity index (χ0v) is 13.8. The first-order valence-corrected chi connectivity index (χ1v) is 8.76. The number of unbranched alkanes of at least 4 members (excludes halogenated alkanes) is 10. The predicted octanol–water partition coefficient (Wildman–Crippen LogP) is 5.99. The maximum Gasteiger partial charge on any atom is 0.303 e. The van der Waals surface area contributed by atoms with Crippen LogP contribution in [0.2, 0.25) is 0 Å². The third kappa shape index (κ3) is 17.0. The molecule has 0 saturated heterocycles. The number of hydrogen-bond acceptors (Lipinski definition) is 2. The predicted molar refractivity (Wildman–Crippen MR) is 88.7 cm³/mol. The van der Waals surface area contributed by atoms with Crippen LogP contribution in [-0.4, -0.2) is 16.2 Å². The Morgan fingerprint density at radius 2 is 1.29 bits per heavy atom. The van der Waals surface area contributed by atoms with E-state index in [0.29, 0.717) is 12.2 Å². The molecule has 0 aliphatic rings. The second-order valence-corrected chi connectivity index (χ2v) is 5.91. The standard InChI is InChI=1S/C18H34O3/c1-2-3-4-11-14-17(19)15-12-9-7-5-6-8-10-13-16-18(20)21/h15,19H,2-14,16H2,1H3,(H,20,21)/b17-15-. The number of rotatable bonds is 15. The number of aliphatic hydroxyl groups is 1. The molecule has 3 nitrogen and oxygen atoms in total. The molecule has 0 aromatic carbocycles. The molecule has 0 aliphatic heterocycles. The molecule has 0 bridgehead atoms. The first-order valence-electron chi connectivity index (χ1n) is 8.76. The van der Waals surface area contributed by atoms with E-state index in [2.05, 4.69) is 6.92 Å². The highest BCUT2D eigenvalue weighted by atomic mass is 16.4. The van der Waals surface area contributed by atoms with Gasteiger partial charge in [-0.05, 0) is 31.8 Å². The molecular weight excluding hydrogens is 264 g/mol. The second kappa shape index (κ2) is 15.4. The zero-order valence-electron chi connectivity index (χ0n) is 13.8. The van der Waals surface area contributed by atoms with E-state index in [0.717, 1.165) is 44.9 Å². The van der Waals surface area contributed by atoms with Crippen molar-refractivity contribution in [3.8, 4) is 0 Å². The Morgan fingerprint density at radius 3 is 1.90 bits per heavy atom. The lowest BCUT2D eigenvalue weighted by Crippen LogP contribution is -1.93. The normalized spacial score (nSPS) is 11.8. The van der Waals surface area contributed by atoms with Crippen molar-refractivity contribution in [3.63, 3.8) is 0 Å². The van der Waals surface area contributed by atoms with Gasteiger partial charge in [-0.2, -0.15) is 0 Å². The van der Waals surface area contributed by atoms with Crippen molar-refractivity contribution < 1.29 is 15.0 Å². The van der Waals surface area contributed by atoms with E-state index in [1.807, 2.05) is 6.08 Å². The average Bonchev–Trinajstić information content (AvgIpc) is 2.45. The van der Waals surface area contributed by atoms with E-state index < -0.39 is 5.97 Å². The molecule has 2 N–H and O–H groups in total. The lowest BCUT2D eigenvalue weighted by atomic mass is 10.1. The summed E-state index contributed by atoms with van der Waals surface area (Å²) in [5.41, 5.74) is 0. The first-order chi connectivity index (χ1) is 10.2. The Hall–Kier alpha value is -0.990. The Labute approximate surface area is 130 Å². The minimum Gasteiger partial charge on any atom is -0.513 e. The smallest absolute Gasteiger partial charge is 0.303 e. The van der Waals surface area contributed by atoms with Gasteiger partial charge in [-0.25, -0.2) is 0 Å². The quantitative estimate of drug-likeness (QED) is 0.288. The topological polar surface area (TPSA) is 57.5 Å². The van der Waals surface area contributed by atoms with Gasteiger partial charge in [-0.15, -0.1) is 0 Å². The summed E-state index contributed by atoms with van der Waals surface area (Å²) in [5.74, 6) is -0.115. The molecule has 0 amide bonds. The van der Waals surface area contributed by atoms with Crippen molar-refractivity contribution in [2.75, 3.05) is 0 Å². The number of allylic oxidation sites excluding steroid dienone is 2. The fourth-order valence-electron chi connectivity index (χ4n) is 2.41. The first kappa shape index (κ1) is 20.0. The Kier molecular flexibility index (Phi) is 14.7. The van der Waals surface area contributed by atoms with Gasteiger partial charge in [-0.1, -0.05) is 58.3 Å². The molecule has 0 spiro atoms. The van der Waals surface area contributed by atoms with Gasteiger partial charge < -0.3 is 10.2 Å². The van der Waals surface area contributed by atoms with E-state index in [9.17, 15) is 9.90 Å². The molecule has 0 aliphatic carbocycles. The van der Waals surface area contributed by atoms with Gasteiger partial charge in [-0.3, -0.25) is 4.79 Å². The van der Waals surface area contributed by atoms with Crippen LogP contribution in [0.4, 0.5) is 0 Å². The molecular formula is C18H34O3. The maximum absolute atomic E-state index is 10.3. The molecule has 3 heteroatoms. The van der Waals surface area contributed by atoms with E-state index in [-0.39, 0.29) is 0 Å². The van der Waals surface area contributed by atoms with Gasteiger partial charge in [0.25, 0.3) is 0 Å². The Bertz CT molecular complexity index is 272. The van der Waals surface area contributed by atoms with Gasteiger partial charge in [0.15, 0.2) is 0 Å². The summed E-state index contributed by atoms with van der Waals surface area (Å²) in [7, 11) is 0. The van der Waals surface area contributed by atoms with Crippen LogP contribution in [0.15, 0.2) is 11.8 Å². The van der Waals surface area contributed by atoms with E-state index >= 15 is 0 Å². The monoisotopic (exact) mass is 298 g/mol. The highest BCUT2D eigenvalue weighted by Gasteiger charge is 1.97. The summed E-state index contributed by atoms with van der Waals surface area (Å²) in [5, 5.41) is 18.2. The van der Waals surface area contributed by atoms with Crippen LogP contribution in [0.5, 0.6) is 0 Å². The number of carboxylic acid groups (broad SMARTS) is 1. The van der Waals surface area contributed by atoms with Crippen LogP contribution in [0.1, 0.15) is 96.8 Å². The van der Waals surface area contributed by atoms with Crippen LogP contribution < -0.4 is 0 Å². The number of carbonyl (C=O) groups is 1. The minimum atomic E-state index is -0.684. The van der Waals surface area contributed by atoms with Gasteiger partial charge in [0.2, 0.25) is 0 Å². The van der Waals surface area contributed by atoms with Gasteiger partial charge in [0.1, 0.15) is 0 Å². The van der Waals surface area contributed by atoms with Crippen LogP contribution in [-0.2, 0) is 4.79 Å². The SMILES string of the molecule is CCCCCC/C(O)=C/CCCCCCCCCC(=O)O. The molecule has 0 aromatic rings. The number of aliphatic carboxylic acids is 1. The zero-order chi connectivity index (χ0) is 15.8. The largest absolute Gasteiger partial charge is 0.513 e. The van der Waals surface area contributed by atoms with Crippen LogP contribution in [0.25, 0.3) is 0 Å². The molecule has 0 radical (unpaired) electrons. The number of aliphatic hydroxyl groups excluding tert-OH is 1. The van der Waals surface area contributed by atoms with Crippen molar-refractivity contribution in [1.82, 2.24) is 0 Å². The lowest BCUT2D eigenvalue weighted by molar-refractivity contribution is -0.137. The summed E-state index contributed by atoms with van der Waals surface area (Å²) in [6, 6.07) is 0. The number of hydrogen-bond donors (Lipinski definition) is 2. The molecule has 0 rings (SSSR count). The van der Waals surface area contributed by atoms with Gasteiger partial charge in [0, 0.05) is 12.8 Å². The molecule has 0 aromatic heterocycles. The van der Waals surface area contributed by atoms with Crippen molar-refractivity contribution in [3.05, 3.63) is 11.8 Å². The third-order valence-corrected chi connectivity index (χ3v) is 3.76. The Balaban J connectivity index is 3.25. The van der Waals surface area contributed by atoms with Crippen LogP contribution >= 0.6 is 0 Å². The lowest BCUT2D eigenvalue weighted by Gasteiger charge is -2.02. The summed E-state index contributed by atoms with van der Waals surface area (Å²) in [4.78, 5) is 10.3. The number of carboxylic acids is 1. The third-order valence-electron chi connectivity index (χ3n) is 3.76. The van der Waals surface area contributed by atoms with E-state index in [4.69, 9.17) is 5.11 Å². The van der Waals surface area contributed by atoms with Gasteiger partial charge >= 0.3 is 5.97 Å². The van der Waals surface area contributed by atoms with Crippen molar-refractivity contribution in [1.29, 1.82) is 0 Å². The van der Waals surface area contributed by atoms with Crippen LogP contribution in [0.3, 0.4) is 0 Å². The van der Waals surface area contributed by atoms with Gasteiger partial charge in [0.05, 0.1) is 5.76 Å². The Morgan fingerprint density at radius 1 is 0.762 bits per heavy atom. The van der Waals surface area contributed by atoms with E-state index in [1.165, 1.54) is 38.5 Å². The summed E-state index contributed by atoms with van der Waals surface area (Å²) in [6.45, 7) is 2.20.